The Labute approximate surface area is 412 Å². The first-order chi connectivity index (χ1) is 32.0. The highest BCUT2D eigenvalue weighted by Crippen LogP contribution is 2.39. The number of phenolic OH excluding ortho intramolecular Hbond substituents is 1. The van der Waals surface area contributed by atoms with E-state index in [9.17, 15) is 19.8 Å². The molecule has 4 aromatic rings. The number of aliphatic hydroxyl groups excluding tert-OH is 1. The highest BCUT2D eigenvalue weighted by atomic mass is 28.3. The molecular formula is C57H88N2O7Si2. The summed E-state index contributed by atoms with van der Waals surface area (Å²) in [6.07, 6.45) is 13.6. The topological polar surface area (TPSA) is 109 Å². The van der Waals surface area contributed by atoms with Gasteiger partial charge in [0.1, 0.15) is 11.5 Å². The van der Waals surface area contributed by atoms with Crippen LogP contribution in [0.1, 0.15) is 109 Å². The quantitative estimate of drug-likeness (QED) is 0.106. The molecule has 0 bridgehead atoms. The van der Waals surface area contributed by atoms with Gasteiger partial charge in [0, 0.05) is 29.2 Å². The van der Waals surface area contributed by atoms with Crippen molar-refractivity contribution in [3.63, 3.8) is 0 Å². The third-order valence-electron chi connectivity index (χ3n) is 15.1. The summed E-state index contributed by atoms with van der Waals surface area (Å²) in [6.45, 7) is 25.1. The van der Waals surface area contributed by atoms with E-state index >= 15 is 0 Å². The second-order valence-corrected chi connectivity index (χ2v) is 33.2. The fourth-order valence-electron chi connectivity index (χ4n) is 10.7. The van der Waals surface area contributed by atoms with Gasteiger partial charge in [-0.1, -0.05) is 95.9 Å². The maximum Gasteiger partial charge on any atom is 0.309 e. The van der Waals surface area contributed by atoms with E-state index in [0.29, 0.717) is 25.1 Å². The monoisotopic (exact) mass is 969 g/mol. The van der Waals surface area contributed by atoms with Gasteiger partial charge in [-0.3, -0.25) is 19.4 Å². The molecule has 4 aliphatic rings. The number of carbonyl (C=O) groups is 2. The van der Waals surface area contributed by atoms with Crippen LogP contribution in [0.5, 0.6) is 11.5 Å². The molecule has 0 unspecified atom stereocenters. The van der Waals surface area contributed by atoms with Crippen molar-refractivity contribution in [2.75, 3.05) is 39.4 Å². The van der Waals surface area contributed by atoms with E-state index in [4.69, 9.17) is 14.2 Å². The van der Waals surface area contributed by atoms with Crippen LogP contribution in [0.25, 0.3) is 21.5 Å². The lowest BCUT2D eigenvalue weighted by atomic mass is 9.96. The molecule has 376 valence electrons. The minimum atomic E-state index is -1.03. The zero-order valence-electron chi connectivity index (χ0n) is 42.4. The van der Waals surface area contributed by atoms with Crippen molar-refractivity contribution in [1.82, 2.24) is 9.80 Å². The maximum atomic E-state index is 12.0. The average Bonchev–Trinajstić information content (AvgIpc) is 3.30. The molecule has 0 aromatic heterocycles. The first kappa shape index (κ1) is 55.2. The Bertz CT molecular complexity index is 2170. The van der Waals surface area contributed by atoms with Gasteiger partial charge in [-0.15, -0.1) is 0 Å². The van der Waals surface area contributed by atoms with E-state index < -0.39 is 16.1 Å². The molecule has 0 radical (unpaired) electrons. The average molecular weight is 970 g/mol. The number of phenols is 1. The van der Waals surface area contributed by atoms with Gasteiger partial charge in [-0.2, -0.15) is 0 Å². The first-order valence-electron chi connectivity index (χ1n) is 25.8. The molecule has 2 saturated heterocycles. The van der Waals surface area contributed by atoms with Gasteiger partial charge < -0.3 is 24.4 Å². The number of benzene rings is 4. The van der Waals surface area contributed by atoms with Gasteiger partial charge in [0.2, 0.25) is 0 Å². The first-order valence-corrected chi connectivity index (χ1v) is 33.0. The van der Waals surface area contributed by atoms with E-state index in [1.54, 1.807) is 12.1 Å². The summed E-state index contributed by atoms with van der Waals surface area (Å²) in [7, 11) is -1.92. The maximum absolute atomic E-state index is 12.0. The van der Waals surface area contributed by atoms with Crippen LogP contribution < -0.4 is 4.74 Å². The molecular weight excluding hydrogens is 881 g/mol. The van der Waals surface area contributed by atoms with Crippen molar-refractivity contribution in [2.24, 2.45) is 11.8 Å². The third kappa shape index (κ3) is 16.7. The number of esters is 2. The number of hydrogen-bond donors (Lipinski definition) is 2. The zero-order chi connectivity index (χ0) is 48.1. The molecule has 0 spiro atoms. The predicted molar refractivity (Wildman–Crippen MR) is 287 cm³/mol. The third-order valence-corrected chi connectivity index (χ3v) is 21.2. The summed E-state index contributed by atoms with van der Waals surface area (Å²) in [5.74, 6) is 1.37. The number of fused-ring (bicyclic) bond motifs is 2. The lowest BCUT2D eigenvalue weighted by molar-refractivity contribution is -0.150. The van der Waals surface area contributed by atoms with E-state index in [1.807, 2.05) is 19.9 Å². The molecule has 68 heavy (non-hydrogen) atoms. The van der Waals surface area contributed by atoms with Crippen molar-refractivity contribution in [3.05, 3.63) is 83.9 Å². The van der Waals surface area contributed by atoms with Crippen molar-refractivity contribution in [2.45, 2.75) is 174 Å². The minimum absolute atomic E-state index is 0. The smallest absolute Gasteiger partial charge is 0.309 e. The summed E-state index contributed by atoms with van der Waals surface area (Å²) in [5.41, 5.74) is 4.50. The minimum Gasteiger partial charge on any atom is -0.508 e. The molecule has 0 atom stereocenters. The van der Waals surface area contributed by atoms with Crippen LogP contribution in [0.3, 0.4) is 0 Å². The van der Waals surface area contributed by atoms with Crippen LogP contribution in [0.2, 0.25) is 50.4 Å². The van der Waals surface area contributed by atoms with E-state index in [1.165, 1.54) is 60.4 Å². The van der Waals surface area contributed by atoms with E-state index in [0.717, 1.165) is 105 Å². The van der Waals surface area contributed by atoms with Gasteiger partial charge in [0.25, 0.3) is 0 Å². The summed E-state index contributed by atoms with van der Waals surface area (Å²) >= 11 is 0. The summed E-state index contributed by atoms with van der Waals surface area (Å²) < 4.78 is 16.7. The van der Waals surface area contributed by atoms with E-state index in [-0.39, 0.29) is 37.3 Å². The summed E-state index contributed by atoms with van der Waals surface area (Å²) in [6, 6.07) is 25.1. The number of aliphatic hydroxyl groups is 1. The number of hydrogen-bond acceptors (Lipinski definition) is 9. The molecule has 4 fully saturated rings. The van der Waals surface area contributed by atoms with Crippen molar-refractivity contribution < 1.29 is 34.0 Å². The molecule has 2 saturated carbocycles. The fourth-order valence-corrected chi connectivity index (χ4v) is 14.8. The zero-order valence-corrected chi connectivity index (χ0v) is 44.4. The van der Waals surface area contributed by atoms with Crippen LogP contribution in [0, 0.1) is 11.8 Å². The lowest BCUT2D eigenvalue weighted by Gasteiger charge is -2.35. The van der Waals surface area contributed by atoms with Crippen LogP contribution in [0.15, 0.2) is 72.8 Å². The standard InChI is InChI=1S/C28H41NO3Si.C19H23NO3.C9H20OSi.CH4/c1-5-31-28(30)22-14-16-29(17-15-22)20-21-6-7-24-19-26(9-8-23(24)18-21)32-25-10-12-27(13-11-25)33(2,3)4;1-2-23-19(22)15-7-9-20(10-8-15)13-14-3-4-17-12-18(21)6-5-16(17)11-14;1-11(2,3)9-6-4-8(10)5-7-9;/h6-9,18-19,22,25,27H,5,10-17,20H2,1-4H3;3-6,11-12,15,21H,2,7-10,13H2,1H3;8-10H,4-7H2,1-3H3;1H4. The summed E-state index contributed by atoms with van der Waals surface area (Å²) in [5, 5.41) is 23.5. The fraction of sp³-hybridized carbons (Fsp3) is 0.614. The Balaban J connectivity index is 0.000000213. The molecule has 0 amide bonds. The number of rotatable bonds is 12. The molecule has 9 nitrogen and oxygen atoms in total. The number of carbonyl (C=O) groups excluding carboxylic acids is 2. The second kappa shape index (κ2) is 25.9. The predicted octanol–water partition coefficient (Wildman–Crippen LogP) is 13.2. The second-order valence-electron chi connectivity index (χ2n) is 22.1. The van der Waals surface area contributed by atoms with Crippen LogP contribution in [-0.4, -0.2) is 99.7 Å². The molecule has 2 aliphatic carbocycles. The van der Waals surface area contributed by atoms with Gasteiger partial charge in [-0.05, 0) is 184 Å². The number of ether oxygens (including phenoxy) is 3. The number of likely N-dealkylation sites (tertiary alicyclic amines) is 2. The Morgan fingerprint density at radius 1 is 0.544 bits per heavy atom. The number of piperidine rings is 2. The molecule has 2 heterocycles. The van der Waals surface area contributed by atoms with Crippen LogP contribution >= 0.6 is 0 Å². The van der Waals surface area contributed by atoms with Gasteiger partial charge in [0.05, 0.1) is 37.3 Å². The SMILES string of the molecule is C.CCOC(=O)C1CCN(Cc2ccc3cc(O)ccc3c2)CC1.CCOC(=O)C1CCN(Cc2ccc3cc(OC4CCC([Si](C)(C)C)CC4)ccc3c2)CC1.C[Si](C)(C)C1CCC(O)CC1. The molecule has 2 aliphatic heterocycles. The number of nitrogens with zero attached hydrogens (tertiary/aromatic N) is 2. The van der Waals surface area contributed by atoms with Crippen molar-refractivity contribution in [3.8, 4) is 11.5 Å². The van der Waals surface area contributed by atoms with Crippen LogP contribution in [0.4, 0.5) is 0 Å². The lowest BCUT2D eigenvalue weighted by Crippen LogP contribution is -2.36. The molecule has 2 N–H and O–H groups in total. The van der Waals surface area contributed by atoms with Gasteiger partial charge >= 0.3 is 11.9 Å². The van der Waals surface area contributed by atoms with Crippen molar-refractivity contribution in [1.29, 1.82) is 0 Å². The Hall–Kier alpha value is -3.75. The Morgan fingerprint density at radius 2 is 0.941 bits per heavy atom. The molecule has 4 aromatic carbocycles. The highest BCUT2D eigenvalue weighted by Gasteiger charge is 2.33. The van der Waals surface area contributed by atoms with Gasteiger partial charge in [0.15, 0.2) is 0 Å². The Kier molecular flexibility index (Phi) is 21.0. The van der Waals surface area contributed by atoms with Crippen LogP contribution in [-0.2, 0) is 32.2 Å². The highest BCUT2D eigenvalue weighted by molar-refractivity contribution is 6.77. The largest absolute Gasteiger partial charge is 0.508 e. The van der Waals surface area contributed by atoms with Crippen molar-refractivity contribution >= 4 is 49.6 Å². The van der Waals surface area contributed by atoms with E-state index in [2.05, 4.69) is 104 Å². The molecule has 11 heteroatoms. The Morgan fingerprint density at radius 3 is 1.38 bits per heavy atom. The normalized spacial score (nSPS) is 22.2. The molecule has 8 rings (SSSR count). The van der Waals surface area contributed by atoms with Gasteiger partial charge in [-0.25, -0.2) is 0 Å². The summed E-state index contributed by atoms with van der Waals surface area (Å²) in [4.78, 5) is 28.6. The number of aromatic hydroxyl groups is 1.